The number of nitrogens with one attached hydrogen (secondary N) is 1. The second kappa shape index (κ2) is 11.4. The van der Waals surface area contributed by atoms with Gasteiger partial charge in [0.25, 0.3) is 0 Å². The first-order valence-electron chi connectivity index (χ1n) is 7.16. The molecule has 0 aliphatic rings. The van der Waals surface area contributed by atoms with Gasteiger partial charge in [0.15, 0.2) is 0 Å². The van der Waals surface area contributed by atoms with Crippen molar-refractivity contribution in [1.82, 2.24) is 0 Å². The highest BCUT2D eigenvalue weighted by Crippen LogP contribution is 2.08. The molecular weight excluding hydrogens is 292 g/mol. The number of unbranched alkanes of at least 4 members (excludes halogenated alkanes) is 1. The number of rotatable bonds is 7. The summed E-state index contributed by atoms with van der Waals surface area (Å²) in [7, 11) is 0. The molecule has 0 aromatic heterocycles. The molecule has 0 radical (unpaired) electrons. The molecule has 0 fully saturated rings. The molecule has 0 bridgehead atoms. The zero-order valence-corrected chi connectivity index (χ0v) is 13.2. The van der Waals surface area contributed by atoms with Gasteiger partial charge in [-0.05, 0) is 49.4 Å². The lowest BCUT2D eigenvalue weighted by atomic mass is 10.3. The van der Waals surface area contributed by atoms with Gasteiger partial charge in [0, 0.05) is 11.9 Å². The number of aliphatic imine (C=N–C) groups is 1. The maximum atomic E-state index is 4.34. The monoisotopic (exact) mass is 312 g/mol. The zero-order valence-electron chi connectivity index (χ0n) is 12.4. The Kier molecular flexibility index (Phi) is 9.15. The largest absolute Gasteiger partial charge is 0.362 e. The van der Waals surface area contributed by atoms with E-state index in [2.05, 4.69) is 22.5 Å². The van der Waals surface area contributed by atoms with Gasteiger partial charge in [0.2, 0.25) is 0 Å². The van der Waals surface area contributed by atoms with Crippen molar-refractivity contribution >= 4 is 30.0 Å². The Hall–Kier alpha value is -2.32. The lowest BCUT2D eigenvalue weighted by Gasteiger charge is -1.98. The molecule has 2 aromatic carbocycles. The van der Waals surface area contributed by atoms with Crippen molar-refractivity contribution in [3.05, 3.63) is 85.1 Å². The molecule has 1 N–H and O–H groups in total. The summed E-state index contributed by atoms with van der Waals surface area (Å²) >= 11 is 0. The summed E-state index contributed by atoms with van der Waals surface area (Å²) in [6.07, 6.45) is 12.1. The lowest BCUT2D eigenvalue weighted by molar-refractivity contribution is 1.05. The van der Waals surface area contributed by atoms with Crippen molar-refractivity contribution < 1.29 is 0 Å². The highest BCUT2D eigenvalue weighted by atomic mass is 35.5. The number of benzene rings is 2. The first-order valence-corrected chi connectivity index (χ1v) is 7.16. The highest BCUT2D eigenvalue weighted by Gasteiger charge is 1.83. The van der Waals surface area contributed by atoms with Crippen molar-refractivity contribution in [2.24, 2.45) is 4.99 Å². The van der Waals surface area contributed by atoms with Gasteiger partial charge in [-0.1, -0.05) is 48.6 Å². The van der Waals surface area contributed by atoms with Gasteiger partial charge < -0.3 is 5.32 Å². The first kappa shape index (κ1) is 17.7. The normalized spacial score (nSPS) is 11.1. The number of halogens is 1. The minimum Gasteiger partial charge on any atom is -0.362 e. The van der Waals surface area contributed by atoms with Gasteiger partial charge in [-0.25, -0.2) is 0 Å². The predicted molar refractivity (Wildman–Crippen MR) is 99.4 cm³/mol. The van der Waals surface area contributed by atoms with Gasteiger partial charge in [-0.15, -0.1) is 12.4 Å². The molecule has 2 aromatic rings. The summed E-state index contributed by atoms with van der Waals surface area (Å²) in [5, 5.41) is 3.24. The number of hydrogen-bond acceptors (Lipinski definition) is 2. The molecule has 2 rings (SSSR count). The Bertz CT molecular complexity index is 589. The van der Waals surface area contributed by atoms with E-state index < -0.39 is 0 Å². The van der Waals surface area contributed by atoms with E-state index in [0.29, 0.717) is 0 Å². The Morgan fingerprint density at radius 1 is 0.818 bits per heavy atom. The third kappa shape index (κ3) is 7.46. The van der Waals surface area contributed by atoms with Crippen LogP contribution in [0.15, 0.2) is 90.1 Å². The van der Waals surface area contributed by atoms with Crippen LogP contribution in [0.1, 0.15) is 12.8 Å². The van der Waals surface area contributed by atoms with Crippen LogP contribution in [0, 0.1) is 0 Å². The number of nitrogens with zero attached hydrogens (tertiary/aromatic N) is 1. The third-order valence-electron chi connectivity index (χ3n) is 2.84. The van der Waals surface area contributed by atoms with E-state index in [1.165, 1.54) is 0 Å². The summed E-state index contributed by atoms with van der Waals surface area (Å²) in [5.41, 5.74) is 2.09. The van der Waals surface area contributed by atoms with Crippen LogP contribution in [-0.2, 0) is 0 Å². The molecule has 0 atom stereocenters. The summed E-state index contributed by atoms with van der Waals surface area (Å²) in [4.78, 5) is 4.34. The molecule has 0 spiro atoms. The van der Waals surface area contributed by atoms with Crippen LogP contribution in [0.4, 0.5) is 11.4 Å². The molecule has 22 heavy (non-hydrogen) atoms. The number of hydrogen-bond donors (Lipinski definition) is 1. The van der Waals surface area contributed by atoms with E-state index in [-0.39, 0.29) is 12.4 Å². The van der Waals surface area contributed by atoms with Gasteiger partial charge in [-0.3, -0.25) is 4.99 Å². The van der Waals surface area contributed by atoms with Gasteiger partial charge >= 0.3 is 0 Å². The molecule has 0 aliphatic carbocycles. The second-order valence-corrected chi connectivity index (χ2v) is 4.53. The summed E-state index contributed by atoms with van der Waals surface area (Å²) in [5.74, 6) is 0. The van der Waals surface area contributed by atoms with E-state index in [9.17, 15) is 0 Å². The first-order chi connectivity index (χ1) is 10.4. The third-order valence-corrected chi connectivity index (χ3v) is 2.84. The van der Waals surface area contributed by atoms with Crippen LogP contribution in [-0.4, -0.2) is 6.21 Å². The molecule has 114 valence electrons. The fraction of sp³-hybridized carbons (Fsp3) is 0.105. The minimum atomic E-state index is 0. The van der Waals surface area contributed by atoms with Crippen molar-refractivity contribution in [3.8, 4) is 0 Å². The quantitative estimate of drug-likeness (QED) is 0.509. The fourth-order valence-electron chi connectivity index (χ4n) is 1.77. The molecule has 0 saturated heterocycles. The van der Waals surface area contributed by atoms with E-state index in [1.54, 1.807) is 0 Å². The second-order valence-electron chi connectivity index (χ2n) is 4.53. The average Bonchev–Trinajstić information content (AvgIpc) is 2.55. The smallest absolute Gasteiger partial charge is 0.0629 e. The molecule has 3 heteroatoms. The van der Waals surface area contributed by atoms with Crippen LogP contribution in [0.2, 0.25) is 0 Å². The number of allylic oxidation sites excluding steroid dienone is 3. The zero-order chi connectivity index (χ0) is 14.6. The van der Waals surface area contributed by atoms with Crippen LogP contribution in [0.3, 0.4) is 0 Å². The fourth-order valence-corrected chi connectivity index (χ4v) is 1.77. The van der Waals surface area contributed by atoms with Crippen LogP contribution < -0.4 is 5.32 Å². The molecular formula is C19H21ClN2. The van der Waals surface area contributed by atoms with Gasteiger partial charge in [0.05, 0.1) is 5.69 Å². The number of para-hydroxylation sites is 2. The van der Waals surface area contributed by atoms with Gasteiger partial charge in [-0.2, -0.15) is 0 Å². The Morgan fingerprint density at radius 3 is 2.18 bits per heavy atom. The van der Waals surface area contributed by atoms with E-state index in [0.717, 1.165) is 24.2 Å². The minimum absolute atomic E-state index is 0. The average molecular weight is 313 g/mol. The molecule has 2 nitrogen and oxygen atoms in total. The maximum absolute atomic E-state index is 4.34. The number of anilines is 1. The lowest BCUT2D eigenvalue weighted by Crippen LogP contribution is -1.85. The summed E-state index contributed by atoms with van der Waals surface area (Å²) < 4.78 is 0. The predicted octanol–water partition coefficient (Wildman–Crippen LogP) is 5.77. The molecule has 0 saturated carbocycles. The van der Waals surface area contributed by atoms with Crippen LogP contribution in [0.5, 0.6) is 0 Å². The van der Waals surface area contributed by atoms with Crippen molar-refractivity contribution in [3.63, 3.8) is 0 Å². The molecule has 0 heterocycles. The summed E-state index contributed by atoms with van der Waals surface area (Å²) in [6.45, 7) is 0. The Morgan fingerprint density at radius 2 is 1.45 bits per heavy atom. The summed E-state index contributed by atoms with van der Waals surface area (Å²) in [6, 6.07) is 20.1. The molecule has 0 aliphatic heterocycles. The Labute approximate surface area is 138 Å². The molecule has 0 unspecified atom stereocenters. The SMILES string of the molecule is C(=CCCC=CNc1ccccc1)C=Nc1ccccc1.Cl. The van der Waals surface area contributed by atoms with E-state index in [4.69, 9.17) is 0 Å². The topological polar surface area (TPSA) is 24.4 Å². The highest BCUT2D eigenvalue weighted by molar-refractivity contribution is 5.85. The van der Waals surface area contributed by atoms with Crippen LogP contribution >= 0.6 is 12.4 Å². The standard InChI is InChI=1S/C19H20N2.ClH/c1(2-10-16-20-18-12-6-4-7-13-18)3-11-17-21-19-14-8-5-9-15-19;/h2,4-17,21H,1,3H2;1H. The van der Waals surface area contributed by atoms with Crippen molar-refractivity contribution in [1.29, 1.82) is 0 Å². The van der Waals surface area contributed by atoms with Crippen LogP contribution in [0.25, 0.3) is 0 Å². The van der Waals surface area contributed by atoms with E-state index in [1.807, 2.05) is 79.2 Å². The molecule has 0 amide bonds. The van der Waals surface area contributed by atoms with E-state index >= 15 is 0 Å². The maximum Gasteiger partial charge on any atom is 0.0629 e. The Balaban J connectivity index is 0.00000242. The van der Waals surface area contributed by atoms with Crippen molar-refractivity contribution in [2.45, 2.75) is 12.8 Å². The van der Waals surface area contributed by atoms with Gasteiger partial charge in [0.1, 0.15) is 0 Å². The van der Waals surface area contributed by atoms with Crippen molar-refractivity contribution in [2.75, 3.05) is 5.32 Å².